The van der Waals surface area contributed by atoms with Crippen molar-refractivity contribution in [1.82, 2.24) is 0 Å². The van der Waals surface area contributed by atoms with E-state index in [1.807, 2.05) is 0 Å². The van der Waals surface area contributed by atoms with Gasteiger partial charge in [-0.05, 0) is 60.6 Å². The van der Waals surface area contributed by atoms with Crippen LogP contribution >= 0.6 is 11.3 Å². The maximum atomic E-state index is 6.18. The largest absolute Gasteiger partial charge is 0.328 e. The number of hydrogen-bond donors (Lipinski definition) is 1. The lowest BCUT2D eigenvalue weighted by Crippen LogP contribution is -2.21. The van der Waals surface area contributed by atoms with E-state index in [4.69, 9.17) is 5.73 Å². The van der Waals surface area contributed by atoms with E-state index in [1.165, 1.54) is 16.7 Å². The monoisotopic (exact) mass is 259 g/mol. The second-order valence-electron chi connectivity index (χ2n) is 4.96. The van der Waals surface area contributed by atoms with Crippen molar-refractivity contribution in [1.29, 1.82) is 0 Å². The second kappa shape index (κ2) is 6.72. The van der Waals surface area contributed by atoms with E-state index in [0.717, 1.165) is 25.7 Å². The van der Waals surface area contributed by atoms with Gasteiger partial charge in [0.25, 0.3) is 0 Å². The van der Waals surface area contributed by atoms with Crippen molar-refractivity contribution in [2.75, 3.05) is 0 Å². The van der Waals surface area contributed by atoms with Crippen molar-refractivity contribution in [2.24, 2.45) is 5.73 Å². The molecule has 2 N–H and O–H groups in total. The smallest absolute Gasteiger partial charge is 0.00451 e. The van der Waals surface area contributed by atoms with Crippen molar-refractivity contribution >= 4 is 11.3 Å². The van der Waals surface area contributed by atoms with Crippen LogP contribution in [0.4, 0.5) is 0 Å². The molecule has 1 aromatic carbocycles. The van der Waals surface area contributed by atoms with Crippen molar-refractivity contribution in [3.63, 3.8) is 0 Å². The Labute approximate surface area is 114 Å². The minimum Gasteiger partial charge on any atom is -0.328 e. The Hall–Kier alpha value is -1.12. The molecule has 0 radical (unpaired) electrons. The van der Waals surface area contributed by atoms with E-state index in [-0.39, 0.29) is 0 Å². The summed E-state index contributed by atoms with van der Waals surface area (Å²) in [4.78, 5) is 0. The van der Waals surface area contributed by atoms with Crippen molar-refractivity contribution in [3.8, 4) is 0 Å². The Kier molecular flexibility index (Phi) is 4.97. The van der Waals surface area contributed by atoms with Crippen LogP contribution in [0.25, 0.3) is 0 Å². The maximum Gasteiger partial charge on any atom is 0.00451 e. The molecule has 0 aliphatic carbocycles. The maximum absolute atomic E-state index is 6.18. The van der Waals surface area contributed by atoms with Gasteiger partial charge in [0.15, 0.2) is 0 Å². The predicted octanol–water partition coefficient (Wildman–Crippen LogP) is 3.95. The first-order valence-corrected chi connectivity index (χ1v) is 7.50. The molecule has 1 unspecified atom stereocenters. The third kappa shape index (κ3) is 4.28. The third-order valence-electron chi connectivity index (χ3n) is 3.27. The Morgan fingerprint density at radius 1 is 1.11 bits per heavy atom. The molecule has 0 amide bonds. The van der Waals surface area contributed by atoms with Gasteiger partial charge in [-0.25, -0.2) is 0 Å². The summed E-state index contributed by atoms with van der Waals surface area (Å²) in [6.07, 6.45) is 4.36. The van der Waals surface area contributed by atoms with Gasteiger partial charge in [-0.3, -0.25) is 0 Å². The van der Waals surface area contributed by atoms with Gasteiger partial charge < -0.3 is 5.73 Å². The highest BCUT2D eigenvalue weighted by Gasteiger charge is 2.04. The van der Waals surface area contributed by atoms with Gasteiger partial charge in [-0.15, -0.1) is 0 Å². The summed E-state index contributed by atoms with van der Waals surface area (Å²) >= 11 is 1.76. The molecule has 2 heteroatoms. The Morgan fingerprint density at radius 3 is 2.56 bits per heavy atom. The van der Waals surface area contributed by atoms with Gasteiger partial charge in [-0.1, -0.05) is 29.8 Å². The fourth-order valence-electron chi connectivity index (χ4n) is 2.15. The van der Waals surface area contributed by atoms with E-state index < -0.39 is 0 Å². The molecule has 0 saturated heterocycles. The molecule has 0 fully saturated rings. The highest BCUT2D eigenvalue weighted by molar-refractivity contribution is 7.07. The van der Waals surface area contributed by atoms with Crippen LogP contribution in [0.5, 0.6) is 0 Å². The summed E-state index contributed by atoms with van der Waals surface area (Å²) in [6, 6.07) is 11.2. The zero-order valence-electron chi connectivity index (χ0n) is 10.9. The van der Waals surface area contributed by atoms with Gasteiger partial charge >= 0.3 is 0 Å². The van der Waals surface area contributed by atoms with E-state index in [0.29, 0.717) is 6.04 Å². The highest BCUT2D eigenvalue weighted by Crippen LogP contribution is 2.12. The minimum absolute atomic E-state index is 0.311. The summed E-state index contributed by atoms with van der Waals surface area (Å²) in [5, 5.41) is 4.35. The molecule has 2 rings (SSSR count). The molecule has 0 bridgehead atoms. The average molecular weight is 259 g/mol. The summed E-state index contributed by atoms with van der Waals surface area (Å²) in [5.74, 6) is 0. The zero-order chi connectivity index (χ0) is 12.8. The van der Waals surface area contributed by atoms with Gasteiger partial charge in [0, 0.05) is 6.04 Å². The SMILES string of the molecule is Cc1cccc(CCC(N)CCc2ccsc2)c1. The minimum atomic E-state index is 0.311. The van der Waals surface area contributed by atoms with Gasteiger partial charge in [-0.2, -0.15) is 11.3 Å². The van der Waals surface area contributed by atoms with E-state index in [2.05, 4.69) is 48.0 Å². The first-order valence-electron chi connectivity index (χ1n) is 6.56. The van der Waals surface area contributed by atoms with E-state index in [9.17, 15) is 0 Å². The third-order valence-corrected chi connectivity index (χ3v) is 4.00. The lowest BCUT2D eigenvalue weighted by molar-refractivity contribution is 0.569. The van der Waals surface area contributed by atoms with Gasteiger partial charge in [0.1, 0.15) is 0 Å². The number of aryl methyl sites for hydroxylation is 3. The number of hydrogen-bond acceptors (Lipinski definition) is 2. The van der Waals surface area contributed by atoms with Crippen molar-refractivity contribution in [2.45, 2.75) is 38.6 Å². The Bertz CT molecular complexity index is 462. The normalized spacial score (nSPS) is 12.6. The zero-order valence-corrected chi connectivity index (χ0v) is 11.7. The highest BCUT2D eigenvalue weighted by atomic mass is 32.1. The molecule has 1 atom stereocenters. The molecular weight excluding hydrogens is 238 g/mol. The molecule has 1 nitrogen and oxygen atoms in total. The Morgan fingerprint density at radius 2 is 1.89 bits per heavy atom. The second-order valence-corrected chi connectivity index (χ2v) is 5.74. The van der Waals surface area contributed by atoms with Crippen LogP contribution in [0.2, 0.25) is 0 Å². The average Bonchev–Trinajstić information content (AvgIpc) is 2.87. The number of rotatable bonds is 6. The molecule has 18 heavy (non-hydrogen) atoms. The molecule has 1 aromatic heterocycles. The topological polar surface area (TPSA) is 26.0 Å². The molecule has 2 aromatic rings. The standard InChI is InChI=1S/C16H21NS/c1-13-3-2-4-14(11-13)5-7-16(17)8-6-15-9-10-18-12-15/h2-4,9-12,16H,5-8,17H2,1H3. The van der Waals surface area contributed by atoms with Gasteiger partial charge in [0.2, 0.25) is 0 Å². The fourth-order valence-corrected chi connectivity index (χ4v) is 2.85. The number of benzene rings is 1. The quantitative estimate of drug-likeness (QED) is 0.835. The lowest BCUT2D eigenvalue weighted by Gasteiger charge is -2.11. The molecular formula is C16H21NS. The number of nitrogens with two attached hydrogens (primary N) is 1. The summed E-state index contributed by atoms with van der Waals surface area (Å²) in [6.45, 7) is 2.14. The molecule has 0 aliphatic heterocycles. The van der Waals surface area contributed by atoms with E-state index in [1.54, 1.807) is 11.3 Å². The van der Waals surface area contributed by atoms with Crippen LogP contribution in [0, 0.1) is 6.92 Å². The van der Waals surface area contributed by atoms with Crippen LogP contribution in [-0.2, 0) is 12.8 Å². The molecule has 0 saturated carbocycles. The van der Waals surface area contributed by atoms with Crippen molar-refractivity contribution in [3.05, 3.63) is 57.8 Å². The summed E-state index contributed by atoms with van der Waals surface area (Å²) < 4.78 is 0. The van der Waals surface area contributed by atoms with Gasteiger partial charge in [0.05, 0.1) is 0 Å². The van der Waals surface area contributed by atoms with Crippen LogP contribution in [0.15, 0.2) is 41.1 Å². The Balaban J connectivity index is 1.73. The lowest BCUT2D eigenvalue weighted by atomic mass is 10.00. The number of thiophene rings is 1. The predicted molar refractivity (Wildman–Crippen MR) is 80.1 cm³/mol. The van der Waals surface area contributed by atoms with Crippen LogP contribution in [-0.4, -0.2) is 6.04 Å². The summed E-state index contributed by atoms with van der Waals surface area (Å²) in [5.41, 5.74) is 10.3. The molecule has 0 aliphatic rings. The first-order chi connectivity index (χ1) is 8.74. The molecule has 1 heterocycles. The molecule has 0 spiro atoms. The van der Waals surface area contributed by atoms with Crippen molar-refractivity contribution < 1.29 is 0 Å². The fraction of sp³-hybridized carbons (Fsp3) is 0.375. The first kappa shape index (κ1) is 13.3. The summed E-state index contributed by atoms with van der Waals surface area (Å²) in [7, 11) is 0. The van der Waals surface area contributed by atoms with Crippen LogP contribution in [0.3, 0.4) is 0 Å². The molecule has 96 valence electrons. The van der Waals surface area contributed by atoms with Crippen LogP contribution < -0.4 is 5.73 Å². The van der Waals surface area contributed by atoms with Crippen LogP contribution in [0.1, 0.15) is 29.5 Å². The van der Waals surface area contributed by atoms with E-state index >= 15 is 0 Å².